The predicted molar refractivity (Wildman–Crippen MR) is 313 cm³/mol. The molecule has 0 fully saturated rings. The van der Waals surface area contributed by atoms with Crippen LogP contribution in [0.4, 0.5) is 17.1 Å². The maximum Gasteiger partial charge on any atom is 0.0714 e. The van der Waals surface area contributed by atoms with E-state index in [1.165, 1.54) is 99.1 Å². The maximum atomic E-state index is 2.50. The number of hydrogen-bond acceptors (Lipinski definition) is 1. The van der Waals surface area contributed by atoms with Crippen molar-refractivity contribution < 1.29 is 0 Å². The van der Waals surface area contributed by atoms with Gasteiger partial charge in [-0.25, -0.2) is 0 Å². The van der Waals surface area contributed by atoms with E-state index in [-0.39, 0.29) is 0 Å². The van der Waals surface area contributed by atoms with Crippen LogP contribution in [0.1, 0.15) is 22.3 Å². The van der Waals surface area contributed by atoms with Crippen LogP contribution in [0.15, 0.2) is 297 Å². The Hall–Kier alpha value is -9.56. The lowest BCUT2D eigenvalue weighted by Crippen LogP contribution is -2.28. The Balaban J connectivity index is 1.02. The van der Waals surface area contributed by atoms with Gasteiger partial charge in [0.2, 0.25) is 0 Å². The molecule has 1 heteroatoms. The van der Waals surface area contributed by atoms with E-state index in [0.717, 1.165) is 28.2 Å². The van der Waals surface area contributed by atoms with Gasteiger partial charge in [0.1, 0.15) is 0 Å². The van der Waals surface area contributed by atoms with Gasteiger partial charge in [-0.3, -0.25) is 0 Å². The van der Waals surface area contributed by atoms with Gasteiger partial charge < -0.3 is 4.90 Å². The summed E-state index contributed by atoms with van der Waals surface area (Å²) in [7, 11) is 0. The first-order valence-corrected chi connectivity index (χ1v) is 25.7. The second-order valence-electron chi connectivity index (χ2n) is 19.5. The standard InChI is InChI=1S/C73H49N/c1-6-23-50(24-7-1)59-45-46-70(65-38-18-16-35-60(59)65)74(58-42-44-64-63-37-20-21-40-68(63)73(69(64)49-58,55-30-12-4-13-31-55)56-32-14-5-15-33-56)57-34-22-29-53(47-57)54-41-43-62-61-36-17-19-39-66(61)71(51-25-8-2-9-26-51)72(67(62)48-54)52-27-10-3-11-28-52/h1-49H. The van der Waals surface area contributed by atoms with Crippen LogP contribution in [0.5, 0.6) is 0 Å². The smallest absolute Gasteiger partial charge is 0.0714 e. The van der Waals surface area contributed by atoms with Gasteiger partial charge in [-0.05, 0) is 141 Å². The van der Waals surface area contributed by atoms with Crippen LogP contribution < -0.4 is 4.90 Å². The van der Waals surface area contributed by atoms with Crippen LogP contribution in [0.25, 0.3) is 88.0 Å². The van der Waals surface area contributed by atoms with Crippen molar-refractivity contribution in [3.63, 3.8) is 0 Å². The lowest BCUT2D eigenvalue weighted by molar-refractivity contribution is 0.768. The quantitative estimate of drug-likeness (QED) is 0.130. The van der Waals surface area contributed by atoms with Crippen LogP contribution in [0.3, 0.4) is 0 Å². The number of rotatable bonds is 9. The van der Waals surface area contributed by atoms with Crippen molar-refractivity contribution in [2.75, 3.05) is 4.90 Å². The Morgan fingerprint density at radius 1 is 0.230 bits per heavy atom. The minimum Gasteiger partial charge on any atom is -0.310 e. The molecule has 0 aromatic heterocycles. The molecular weight excluding hydrogens is 891 g/mol. The number of fused-ring (bicyclic) bond motifs is 7. The van der Waals surface area contributed by atoms with E-state index in [9.17, 15) is 0 Å². The van der Waals surface area contributed by atoms with Crippen LogP contribution in [-0.2, 0) is 5.41 Å². The molecule has 74 heavy (non-hydrogen) atoms. The minimum atomic E-state index is -0.554. The van der Waals surface area contributed by atoms with E-state index < -0.39 is 5.41 Å². The molecule has 346 valence electrons. The topological polar surface area (TPSA) is 3.24 Å². The van der Waals surface area contributed by atoms with Crippen molar-refractivity contribution in [2.24, 2.45) is 0 Å². The molecule has 0 N–H and O–H groups in total. The third-order valence-electron chi connectivity index (χ3n) is 15.5. The fourth-order valence-electron chi connectivity index (χ4n) is 12.4. The Kier molecular flexibility index (Phi) is 10.5. The molecule has 0 heterocycles. The normalized spacial score (nSPS) is 12.4. The van der Waals surface area contributed by atoms with E-state index in [2.05, 4.69) is 302 Å². The average Bonchev–Trinajstić information content (AvgIpc) is 3.81. The summed E-state index contributed by atoms with van der Waals surface area (Å²) >= 11 is 0. The average molecular weight is 940 g/mol. The van der Waals surface area contributed by atoms with E-state index in [1.54, 1.807) is 0 Å². The first-order chi connectivity index (χ1) is 36.7. The summed E-state index contributed by atoms with van der Waals surface area (Å²) in [5.74, 6) is 0. The molecule has 13 aromatic rings. The molecule has 0 aliphatic heterocycles. The molecule has 0 atom stereocenters. The third kappa shape index (κ3) is 6.93. The second kappa shape index (κ2) is 17.9. The summed E-state index contributed by atoms with van der Waals surface area (Å²) in [4.78, 5) is 2.50. The molecule has 0 radical (unpaired) electrons. The first kappa shape index (κ1) is 43.2. The lowest BCUT2D eigenvalue weighted by Gasteiger charge is -2.35. The van der Waals surface area contributed by atoms with Crippen molar-refractivity contribution in [3.05, 3.63) is 320 Å². The van der Waals surface area contributed by atoms with Gasteiger partial charge in [0.15, 0.2) is 0 Å². The van der Waals surface area contributed by atoms with Gasteiger partial charge in [-0.15, -0.1) is 0 Å². The minimum absolute atomic E-state index is 0.554. The molecule has 0 unspecified atom stereocenters. The number of benzene rings is 13. The van der Waals surface area contributed by atoms with Gasteiger partial charge in [0.25, 0.3) is 0 Å². The lowest BCUT2D eigenvalue weighted by atomic mass is 9.67. The molecule has 13 aromatic carbocycles. The van der Waals surface area contributed by atoms with Crippen molar-refractivity contribution >= 4 is 49.4 Å². The predicted octanol–water partition coefficient (Wildman–Crippen LogP) is 19.6. The Bertz CT molecular complexity index is 4180. The fraction of sp³-hybridized carbons (Fsp3) is 0.0137. The molecule has 14 rings (SSSR count). The molecule has 1 aliphatic carbocycles. The molecule has 0 amide bonds. The van der Waals surface area contributed by atoms with E-state index in [1.807, 2.05) is 0 Å². The third-order valence-corrected chi connectivity index (χ3v) is 15.5. The SMILES string of the molecule is c1ccc(-c2ccc(N(c3cccc(-c4ccc5c(c4)c(-c4ccccc4)c(-c4ccccc4)c4ccccc45)c3)c3ccc4c(c3)C(c3ccccc3)(c3ccccc3)c3ccccc3-4)c3ccccc23)cc1. The van der Waals surface area contributed by atoms with E-state index >= 15 is 0 Å². The summed E-state index contributed by atoms with van der Waals surface area (Å²) < 4.78 is 0. The van der Waals surface area contributed by atoms with Gasteiger partial charge in [-0.2, -0.15) is 0 Å². The van der Waals surface area contributed by atoms with Crippen LogP contribution in [0, 0.1) is 0 Å². The number of anilines is 3. The van der Waals surface area contributed by atoms with Gasteiger partial charge in [0, 0.05) is 16.8 Å². The highest BCUT2D eigenvalue weighted by Gasteiger charge is 2.46. The molecule has 1 nitrogen and oxygen atoms in total. The largest absolute Gasteiger partial charge is 0.310 e. The molecule has 1 aliphatic rings. The van der Waals surface area contributed by atoms with E-state index in [4.69, 9.17) is 0 Å². The van der Waals surface area contributed by atoms with Crippen molar-refractivity contribution in [3.8, 4) is 55.6 Å². The summed E-state index contributed by atoms with van der Waals surface area (Å²) in [5, 5.41) is 7.36. The fourth-order valence-corrected chi connectivity index (χ4v) is 12.4. The summed E-state index contributed by atoms with van der Waals surface area (Å²) in [6, 6.07) is 110. The van der Waals surface area contributed by atoms with Gasteiger partial charge >= 0.3 is 0 Å². The van der Waals surface area contributed by atoms with Gasteiger partial charge in [0.05, 0.1) is 11.1 Å². The summed E-state index contributed by atoms with van der Waals surface area (Å²) in [5.41, 5.74) is 19.9. The zero-order valence-electron chi connectivity index (χ0n) is 40.7. The molecule has 0 saturated carbocycles. The first-order valence-electron chi connectivity index (χ1n) is 25.7. The van der Waals surface area contributed by atoms with Crippen LogP contribution in [-0.4, -0.2) is 0 Å². The zero-order chi connectivity index (χ0) is 49.0. The molecule has 0 spiro atoms. The molecule has 0 bridgehead atoms. The Labute approximate surface area is 432 Å². The van der Waals surface area contributed by atoms with Crippen molar-refractivity contribution in [2.45, 2.75) is 5.41 Å². The zero-order valence-corrected chi connectivity index (χ0v) is 40.7. The van der Waals surface area contributed by atoms with Crippen molar-refractivity contribution in [1.29, 1.82) is 0 Å². The maximum absolute atomic E-state index is 2.50. The number of hydrogen-bond donors (Lipinski definition) is 0. The Morgan fingerprint density at radius 3 is 1.38 bits per heavy atom. The highest BCUT2D eigenvalue weighted by molar-refractivity contribution is 6.22. The highest BCUT2D eigenvalue weighted by atomic mass is 15.1. The van der Waals surface area contributed by atoms with Crippen LogP contribution in [0.2, 0.25) is 0 Å². The molecular formula is C73H49N. The Morgan fingerprint density at radius 2 is 0.703 bits per heavy atom. The van der Waals surface area contributed by atoms with Crippen molar-refractivity contribution in [1.82, 2.24) is 0 Å². The highest BCUT2D eigenvalue weighted by Crippen LogP contribution is 2.58. The summed E-state index contributed by atoms with van der Waals surface area (Å²) in [6.45, 7) is 0. The van der Waals surface area contributed by atoms with E-state index in [0.29, 0.717) is 0 Å². The monoisotopic (exact) mass is 939 g/mol. The van der Waals surface area contributed by atoms with Crippen LogP contribution >= 0.6 is 0 Å². The second-order valence-corrected chi connectivity index (χ2v) is 19.5. The van der Waals surface area contributed by atoms with Gasteiger partial charge in [-0.1, -0.05) is 261 Å². The molecule has 0 saturated heterocycles. The number of nitrogens with zero attached hydrogens (tertiary/aromatic N) is 1. The summed E-state index contributed by atoms with van der Waals surface area (Å²) in [6.07, 6.45) is 0.